The molecule has 0 aliphatic heterocycles. The Bertz CT molecular complexity index is 312. The van der Waals surface area contributed by atoms with E-state index in [-0.39, 0.29) is 23.6 Å². The Kier molecular flexibility index (Phi) is 8.63. The second-order valence-electron chi connectivity index (χ2n) is 4.21. The summed E-state index contributed by atoms with van der Waals surface area (Å²) in [6.45, 7) is 8.68. The Morgan fingerprint density at radius 2 is 1.65 bits per heavy atom. The van der Waals surface area contributed by atoms with Crippen molar-refractivity contribution in [2.75, 3.05) is 26.2 Å². The maximum absolute atomic E-state index is 9.17. The molecule has 0 aromatic heterocycles. The van der Waals surface area contributed by atoms with Gasteiger partial charge in [0.1, 0.15) is 13.1 Å². The molecule has 1 N–H and O–H groups in total. The maximum atomic E-state index is 9.17. The molecule has 2 nitrogen and oxygen atoms in total. The predicted molar refractivity (Wildman–Crippen MR) is 76.2 cm³/mol. The monoisotopic (exact) mass is 413 g/mol. The number of nitrogens with zero attached hydrogens (tertiary/aromatic N) is 1. The zero-order valence-corrected chi connectivity index (χ0v) is 14.2. The molecule has 0 amide bonds. The van der Waals surface area contributed by atoms with Crippen LogP contribution in [0.2, 0.25) is 0 Å². The van der Waals surface area contributed by atoms with Crippen LogP contribution in [0.25, 0.3) is 0 Å². The molecule has 0 saturated carbocycles. The van der Waals surface area contributed by atoms with E-state index in [1.54, 1.807) is 0 Å². The normalized spacial score (nSPS) is 11.1. The molecule has 0 heterocycles. The lowest BCUT2D eigenvalue weighted by Crippen LogP contribution is -3.00. The molecule has 98 valence electrons. The summed E-state index contributed by atoms with van der Waals surface area (Å²) in [4.78, 5) is 0. The number of rotatable bonds is 6. The Morgan fingerprint density at radius 1 is 1.12 bits per heavy atom. The molecule has 0 aliphatic carbocycles. The molecule has 17 heavy (non-hydrogen) atoms. The second-order valence-corrected chi connectivity index (χ2v) is 5.45. The topological polar surface area (TPSA) is 20.2 Å². The van der Waals surface area contributed by atoms with E-state index in [4.69, 9.17) is 5.11 Å². The summed E-state index contributed by atoms with van der Waals surface area (Å²) in [5, 5.41) is 9.17. The van der Waals surface area contributed by atoms with Crippen molar-refractivity contribution in [2.24, 2.45) is 0 Å². The minimum atomic E-state index is 0. The molecule has 4 heteroatoms. The minimum Gasteiger partial charge on any atom is -1.00 e. The van der Waals surface area contributed by atoms with Crippen molar-refractivity contribution in [1.29, 1.82) is 0 Å². The van der Waals surface area contributed by atoms with Gasteiger partial charge in [0, 0.05) is 9.13 Å². The van der Waals surface area contributed by atoms with Crippen molar-refractivity contribution in [1.82, 2.24) is 0 Å². The molecule has 0 spiro atoms. The van der Waals surface area contributed by atoms with Crippen LogP contribution < -0.4 is 17.0 Å². The van der Waals surface area contributed by atoms with Crippen LogP contribution in [-0.4, -0.2) is 35.8 Å². The van der Waals surface area contributed by atoms with Gasteiger partial charge >= 0.3 is 0 Å². The van der Waals surface area contributed by atoms with Gasteiger partial charge < -0.3 is 26.6 Å². The quantitative estimate of drug-likeness (QED) is 0.499. The van der Waals surface area contributed by atoms with Gasteiger partial charge in [-0.1, -0.05) is 12.1 Å². The SMILES string of the molecule is CC[N+](CC)(CCO)Cc1ccc(I)cc1.[Br-]. The van der Waals surface area contributed by atoms with Gasteiger partial charge in [-0.15, -0.1) is 0 Å². The van der Waals surface area contributed by atoms with Crippen molar-refractivity contribution in [3.05, 3.63) is 33.4 Å². The lowest BCUT2D eigenvalue weighted by molar-refractivity contribution is -0.938. The number of aliphatic hydroxyl groups is 1. The Morgan fingerprint density at radius 3 is 2.06 bits per heavy atom. The summed E-state index contributed by atoms with van der Waals surface area (Å²) in [5.74, 6) is 0. The molecule has 1 aromatic carbocycles. The Labute approximate surface area is 129 Å². The standard InChI is InChI=1S/C13H21INO.BrH/c1-3-15(4-2,9-10-16)11-12-5-7-13(14)8-6-12;/h5-8,16H,3-4,9-11H2,1-2H3;1H/q+1;/p-1. The van der Waals surface area contributed by atoms with Crippen LogP contribution in [0.1, 0.15) is 19.4 Å². The van der Waals surface area contributed by atoms with E-state index >= 15 is 0 Å². The van der Waals surface area contributed by atoms with E-state index in [1.807, 2.05) is 0 Å². The van der Waals surface area contributed by atoms with E-state index in [1.165, 1.54) is 9.13 Å². The number of benzene rings is 1. The van der Waals surface area contributed by atoms with Crippen LogP contribution in [0.4, 0.5) is 0 Å². The molecule has 0 aliphatic rings. The van der Waals surface area contributed by atoms with Crippen LogP contribution >= 0.6 is 22.6 Å². The maximum Gasteiger partial charge on any atom is 0.104 e. The fourth-order valence-corrected chi connectivity index (χ4v) is 2.39. The first kappa shape index (κ1) is 17.4. The molecule has 0 unspecified atom stereocenters. The molecule has 0 atom stereocenters. The van der Waals surface area contributed by atoms with Crippen molar-refractivity contribution < 1.29 is 26.6 Å². The van der Waals surface area contributed by atoms with Crippen molar-refractivity contribution >= 4 is 22.6 Å². The molecular formula is C13H21BrINO. The molecule has 0 saturated heterocycles. The Balaban J connectivity index is 0.00000256. The van der Waals surface area contributed by atoms with E-state index < -0.39 is 0 Å². The number of quaternary nitrogens is 1. The number of halogens is 2. The van der Waals surface area contributed by atoms with E-state index in [0.717, 1.165) is 30.7 Å². The largest absolute Gasteiger partial charge is 1.00 e. The fraction of sp³-hybridized carbons (Fsp3) is 0.538. The summed E-state index contributed by atoms with van der Waals surface area (Å²) >= 11 is 2.32. The lowest BCUT2D eigenvalue weighted by atomic mass is 10.2. The van der Waals surface area contributed by atoms with Gasteiger partial charge in [-0.2, -0.15) is 0 Å². The third-order valence-electron chi connectivity index (χ3n) is 3.35. The number of likely N-dealkylation sites (N-methyl/N-ethyl adjacent to an activating group) is 1. The second kappa shape index (κ2) is 8.45. The zero-order valence-electron chi connectivity index (χ0n) is 10.5. The third kappa shape index (κ3) is 5.24. The highest BCUT2D eigenvalue weighted by Crippen LogP contribution is 2.15. The molecule has 0 fully saturated rings. The van der Waals surface area contributed by atoms with E-state index in [2.05, 4.69) is 60.7 Å². The number of aliphatic hydroxyl groups excluding tert-OH is 1. The van der Waals surface area contributed by atoms with Gasteiger partial charge in [-0.3, -0.25) is 0 Å². The van der Waals surface area contributed by atoms with Crippen LogP contribution in [0.5, 0.6) is 0 Å². The first-order valence-corrected chi connectivity index (χ1v) is 6.94. The fourth-order valence-electron chi connectivity index (χ4n) is 2.03. The molecule has 1 aromatic rings. The van der Waals surface area contributed by atoms with Crippen LogP contribution in [0.15, 0.2) is 24.3 Å². The minimum absolute atomic E-state index is 0. The molecule has 1 rings (SSSR count). The summed E-state index contributed by atoms with van der Waals surface area (Å²) < 4.78 is 2.24. The summed E-state index contributed by atoms with van der Waals surface area (Å²) in [6, 6.07) is 8.68. The van der Waals surface area contributed by atoms with Crippen molar-refractivity contribution in [3.8, 4) is 0 Å². The van der Waals surface area contributed by atoms with Crippen molar-refractivity contribution in [3.63, 3.8) is 0 Å². The summed E-state index contributed by atoms with van der Waals surface area (Å²) in [6.07, 6.45) is 0. The molecule has 0 radical (unpaired) electrons. The lowest BCUT2D eigenvalue weighted by Gasteiger charge is -2.36. The summed E-state index contributed by atoms with van der Waals surface area (Å²) in [7, 11) is 0. The van der Waals surface area contributed by atoms with Crippen molar-refractivity contribution in [2.45, 2.75) is 20.4 Å². The Hall–Kier alpha value is 0.350. The highest BCUT2D eigenvalue weighted by molar-refractivity contribution is 14.1. The average Bonchev–Trinajstić information content (AvgIpc) is 2.31. The first-order chi connectivity index (χ1) is 7.65. The average molecular weight is 414 g/mol. The van der Waals surface area contributed by atoms with Gasteiger partial charge in [0.15, 0.2) is 0 Å². The molecule has 0 bridgehead atoms. The van der Waals surface area contributed by atoms with E-state index in [0.29, 0.717) is 0 Å². The zero-order chi connectivity index (χ0) is 12.0. The highest BCUT2D eigenvalue weighted by atomic mass is 127. The third-order valence-corrected chi connectivity index (χ3v) is 4.07. The van der Waals surface area contributed by atoms with E-state index in [9.17, 15) is 0 Å². The predicted octanol–water partition coefficient (Wildman–Crippen LogP) is -0.356. The van der Waals surface area contributed by atoms with Gasteiger partial charge in [-0.25, -0.2) is 0 Å². The number of hydrogen-bond acceptors (Lipinski definition) is 1. The highest BCUT2D eigenvalue weighted by Gasteiger charge is 2.22. The van der Waals surface area contributed by atoms with Gasteiger partial charge in [0.05, 0.1) is 19.7 Å². The van der Waals surface area contributed by atoms with Gasteiger partial charge in [-0.05, 0) is 48.6 Å². The van der Waals surface area contributed by atoms with Crippen LogP contribution in [-0.2, 0) is 6.54 Å². The van der Waals surface area contributed by atoms with Crippen LogP contribution in [0.3, 0.4) is 0 Å². The number of hydrogen-bond donors (Lipinski definition) is 1. The first-order valence-electron chi connectivity index (χ1n) is 5.86. The smallest absolute Gasteiger partial charge is 0.104 e. The van der Waals surface area contributed by atoms with Gasteiger partial charge in [0.25, 0.3) is 0 Å². The molecular weight excluding hydrogens is 393 g/mol. The van der Waals surface area contributed by atoms with Crippen LogP contribution in [0, 0.1) is 3.57 Å². The summed E-state index contributed by atoms with van der Waals surface area (Å²) in [5.41, 5.74) is 1.36. The van der Waals surface area contributed by atoms with Gasteiger partial charge in [0.2, 0.25) is 0 Å².